The third-order valence-electron chi connectivity index (χ3n) is 4.14. The van der Waals surface area contributed by atoms with Gasteiger partial charge in [0.2, 0.25) is 0 Å². The van der Waals surface area contributed by atoms with Crippen LogP contribution in [0.15, 0.2) is 55.0 Å². The summed E-state index contributed by atoms with van der Waals surface area (Å²) in [6.07, 6.45) is 0.648. The van der Waals surface area contributed by atoms with Gasteiger partial charge in [0.25, 0.3) is 10.0 Å². The first kappa shape index (κ1) is 15.5. The minimum absolute atomic E-state index is 0.0976. The van der Waals surface area contributed by atoms with Crippen molar-refractivity contribution in [1.82, 2.24) is 4.98 Å². The quantitative estimate of drug-likeness (QED) is 0.706. The zero-order valence-corrected chi connectivity index (χ0v) is 15.0. The van der Waals surface area contributed by atoms with Crippen LogP contribution < -0.4 is 10.1 Å². The molecular weight excluding hydrogens is 396 g/mol. The maximum absolute atomic E-state index is 13.1. The van der Waals surface area contributed by atoms with Gasteiger partial charge in [-0.1, -0.05) is 15.9 Å². The van der Waals surface area contributed by atoms with Crippen molar-refractivity contribution in [3.8, 4) is 0 Å². The van der Waals surface area contributed by atoms with E-state index in [0.717, 1.165) is 10.0 Å². The molecule has 0 bridgehead atoms. The summed E-state index contributed by atoms with van der Waals surface area (Å²) in [5, 5.41) is 0. The molecule has 1 N–H and O–H groups in total. The summed E-state index contributed by atoms with van der Waals surface area (Å²) in [6, 6.07) is 9.78. The van der Waals surface area contributed by atoms with E-state index in [2.05, 4.69) is 20.9 Å². The number of rotatable bonds is 2. The van der Waals surface area contributed by atoms with Gasteiger partial charge in [-0.2, -0.15) is 0 Å². The summed E-state index contributed by atoms with van der Waals surface area (Å²) in [6.45, 7) is 1.88. The van der Waals surface area contributed by atoms with E-state index in [4.69, 9.17) is 4.42 Å². The number of aromatic nitrogens is 1. The lowest BCUT2D eigenvalue weighted by Gasteiger charge is -2.24. The fourth-order valence-electron chi connectivity index (χ4n) is 3.14. The molecule has 4 rings (SSSR count). The van der Waals surface area contributed by atoms with Crippen molar-refractivity contribution in [2.75, 3.05) is 4.31 Å². The monoisotopic (exact) mass is 408 g/mol. The number of fused-ring (bicyclic) bond motifs is 2. The smallest absolute Gasteiger partial charge is 0.408 e. The molecule has 2 aromatic carbocycles. The predicted octanol–water partition coefficient (Wildman–Crippen LogP) is 3.02. The van der Waals surface area contributed by atoms with E-state index < -0.39 is 15.8 Å². The number of anilines is 1. The molecule has 0 saturated carbocycles. The van der Waals surface area contributed by atoms with Crippen LogP contribution in [0.5, 0.6) is 0 Å². The highest BCUT2D eigenvalue weighted by Crippen LogP contribution is 2.38. The van der Waals surface area contributed by atoms with Gasteiger partial charge in [0.05, 0.1) is 16.1 Å². The molecule has 8 heteroatoms. The first-order chi connectivity index (χ1) is 11.4. The largest absolute Gasteiger partial charge is 0.417 e. The molecular formula is C16H13BrN2O4S. The average Bonchev–Trinajstić information content (AvgIpc) is 3.03. The normalized spacial score (nSPS) is 17.4. The van der Waals surface area contributed by atoms with Crippen LogP contribution in [0.25, 0.3) is 11.1 Å². The third-order valence-corrected chi connectivity index (χ3v) is 6.56. The van der Waals surface area contributed by atoms with E-state index in [-0.39, 0.29) is 16.5 Å². The summed E-state index contributed by atoms with van der Waals surface area (Å²) < 4.78 is 33.6. The highest BCUT2D eigenvalue weighted by molar-refractivity contribution is 9.10. The lowest BCUT2D eigenvalue weighted by atomic mass is 10.1. The Morgan fingerprint density at radius 1 is 1.25 bits per heavy atom. The van der Waals surface area contributed by atoms with E-state index in [0.29, 0.717) is 17.6 Å². The Morgan fingerprint density at radius 3 is 2.83 bits per heavy atom. The summed E-state index contributed by atoms with van der Waals surface area (Å²) in [4.78, 5) is 13.9. The second-order valence-electron chi connectivity index (χ2n) is 5.80. The molecule has 1 unspecified atom stereocenters. The first-order valence-corrected chi connectivity index (χ1v) is 9.55. The zero-order chi connectivity index (χ0) is 17.1. The van der Waals surface area contributed by atoms with Crippen LogP contribution in [-0.4, -0.2) is 19.4 Å². The molecule has 6 nitrogen and oxygen atoms in total. The molecule has 1 aliphatic rings. The number of aromatic amines is 1. The first-order valence-electron chi connectivity index (χ1n) is 7.32. The summed E-state index contributed by atoms with van der Waals surface area (Å²) in [7, 11) is -3.75. The molecule has 0 aliphatic carbocycles. The van der Waals surface area contributed by atoms with Crippen LogP contribution in [0.1, 0.15) is 12.5 Å². The Balaban J connectivity index is 1.86. The van der Waals surface area contributed by atoms with Crippen molar-refractivity contribution in [3.05, 3.63) is 57.0 Å². The van der Waals surface area contributed by atoms with Gasteiger partial charge in [0, 0.05) is 16.6 Å². The third kappa shape index (κ3) is 2.29. The average molecular weight is 409 g/mol. The number of nitrogens with one attached hydrogen (secondary N) is 1. The van der Waals surface area contributed by atoms with E-state index >= 15 is 0 Å². The van der Waals surface area contributed by atoms with Gasteiger partial charge >= 0.3 is 5.76 Å². The van der Waals surface area contributed by atoms with Gasteiger partial charge in [-0.25, -0.2) is 13.2 Å². The van der Waals surface area contributed by atoms with E-state index in [1.54, 1.807) is 6.07 Å². The van der Waals surface area contributed by atoms with Crippen LogP contribution in [0.4, 0.5) is 5.69 Å². The van der Waals surface area contributed by atoms with Crippen molar-refractivity contribution in [1.29, 1.82) is 0 Å². The van der Waals surface area contributed by atoms with Crippen molar-refractivity contribution in [2.45, 2.75) is 24.3 Å². The molecule has 24 heavy (non-hydrogen) atoms. The molecule has 0 amide bonds. The molecule has 0 fully saturated rings. The Kier molecular flexibility index (Phi) is 3.36. The molecule has 0 spiro atoms. The summed E-state index contributed by atoms with van der Waals surface area (Å²) in [5.41, 5.74) is 2.36. The van der Waals surface area contributed by atoms with Gasteiger partial charge < -0.3 is 4.42 Å². The van der Waals surface area contributed by atoms with Crippen LogP contribution in [0.2, 0.25) is 0 Å². The lowest BCUT2D eigenvalue weighted by Crippen LogP contribution is -2.35. The molecule has 124 valence electrons. The number of hydrogen-bond acceptors (Lipinski definition) is 4. The maximum Gasteiger partial charge on any atom is 0.417 e. The molecule has 2 heterocycles. The number of H-pyrrole nitrogens is 1. The fourth-order valence-corrected chi connectivity index (χ4v) is 5.25. The Bertz CT molecular complexity index is 1120. The van der Waals surface area contributed by atoms with Gasteiger partial charge in [0.15, 0.2) is 5.58 Å². The number of benzene rings is 2. The minimum atomic E-state index is -3.75. The summed E-state index contributed by atoms with van der Waals surface area (Å²) >= 11 is 3.42. The second-order valence-corrected chi connectivity index (χ2v) is 8.53. The molecule has 1 aliphatic heterocycles. The number of halogens is 1. The summed E-state index contributed by atoms with van der Waals surface area (Å²) in [5.74, 6) is -0.607. The predicted molar refractivity (Wildman–Crippen MR) is 93.8 cm³/mol. The zero-order valence-electron chi connectivity index (χ0n) is 12.6. The van der Waals surface area contributed by atoms with Crippen molar-refractivity contribution >= 4 is 42.7 Å². The maximum atomic E-state index is 13.1. The molecule has 0 radical (unpaired) electrons. The number of hydrogen-bond donors (Lipinski definition) is 1. The SMILES string of the molecule is CC1Cc2cc(Br)ccc2N1S(=O)(=O)c1ccc2[nH]c(=O)oc2c1. The van der Waals surface area contributed by atoms with Gasteiger partial charge in [-0.3, -0.25) is 9.29 Å². The number of oxazole rings is 1. The Morgan fingerprint density at radius 2 is 2.04 bits per heavy atom. The number of sulfonamides is 1. The van der Waals surface area contributed by atoms with Gasteiger partial charge in [-0.05, 0) is 49.2 Å². The van der Waals surface area contributed by atoms with Crippen LogP contribution in [0, 0.1) is 0 Å². The number of nitrogens with zero attached hydrogens (tertiary/aromatic N) is 1. The van der Waals surface area contributed by atoms with E-state index in [9.17, 15) is 13.2 Å². The lowest BCUT2D eigenvalue weighted by molar-refractivity contribution is 0.553. The van der Waals surface area contributed by atoms with Crippen molar-refractivity contribution < 1.29 is 12.8 Å². The molecule has 1 aromatic heterocycles. The van der Waals surface area contributed by atoms with Gasteiger partial charge in [-0.15, -0.1) is 0 Å². The molecule has 3 aromatic rings. The van der Waals surface area contributed by atoms with Gasteiger partial charge in [0.1, 0.15) is 0 Å². The van der Waals surface area contributed by atoms with E-state index in [1.807, 2.05) is 19.1 Å². The van der Waals surface area contributed by atoms with E-state index in [1.165, 1.54) is 22.5 Å². The standard InChI is InChI=1S/C16H13BrN2O4S/c1-9-6-10-7-11(17)2-5-14(10)19(9)24(21,22)12-3-4-13-15(8-12)23-16(20)18-13/h2-5,7-9H,6H2,1H3,(H,18,20). The molecule has 1 atom stereocenters. The van der Waals surface area contributed by atoms with Crippen molar-refractivity contribution in [2.24, 2.45) is 0 Å². The topological polar surface area (TPSA) is 83.4 Å². The minimum Gasteiger partial charge on any atom is -0.408 e. The highest BCUT2D eigenvalue weighted by Gasteiger charge is 2.36. The Labute approximate surface area is 146 Å². The molecule has 0 saturated heterocycles. The Hall–Kier alpha value is -2.06. The second kappa shape index (κ2) is 5.22. The van der Waals surface area contributed by atoms with Crippen LogP contribution in [-0.2, 0) is 16.4 Å². The van der Waals surface area contributed by atoms with Crippen LogP contribution >= 0.6 is 15.9 Å². The fraction of sp³-hybridized carbons (Fsp3) is 0.188. The van der Waals surface area contributed by atoms with Crippen molar-refractivity contribution in [3.63, 3.8) is 0 Å². The van der Waals surface area contributed by atoms with Crippen LogP contribution in [0.3, 0.4) is 0 Å². The highest BCUT2D eigenvalue weighted by atomic mass is 79.9.